The Morgan fingerprint density at radius 3 is 2.27 bits per heavy atom. The molecule has 1 nitrogen and oxygen atoms in total. The van der Waals surface area contributed by atoms with Crippen LogP contribution in [0.5, 0.6) is 0 Å². The van der Waals surface area contributed by atoms with Crippen LogP contribution in [0, 0.1) is 12.7 Å². The zero-order valence-electron chi connectivity index (χ0n) is 8.50. The molecule has 0 spiro atoms. The van der Waals surface area contributed by atoms with Crippen LogP contribution < -0.4 is 5.32 Å². The first-order valence-electron chi connectivity index (χ1n) is 4.83. The van der Waals surface area contributed by atoms with Crippen molar-refractivity contribution in [3.63, 3.8) is 0 Å². The summed E-state index contributed by atoms with van der Waals surface area (Å²) >= 11 is 0. The lowest BCUT2D eigenvalue weighted by Crippen LogP contribution is -1.90. The van der Waals surface area contributed by atoms with Crippen molar-refractivity contribution in [2.75, 3.05) is 5.32 Å². The van der Waals surface area contributed by atoms with Gasteiger partial charge in [0.05, 0.1) is 0 Å². The number of nitrogens with one attached hydrogen (secondary N) is 1. The van der Waals surface area contributed by atoms with Crippen LogP contribution in [0.15, 0.2) is 48.5 Å². The van der Waals surface area contributed by atoms with Crippen molar-refractivity contribution >= 4 is 11.4 Å². The maximum Gasteiger partial charge on any atom is 0.125 e. The maximum absolute atomic E-state index is 12.9. The summed E-state index contributed by atoms with van der Waals surface area (Å²) in [7, 11) is 0. The molecule has 0 unspecified atom stereocenters. The number of anilines is 2. The number of rotatable bonds is 2. The van der Waals surface area contributed by atoms with E-state index in [0.717, 1.165) is 11.4 Å². The third-order valence-corrected chi connectivity index (χ3v) is 2.13. The number of hydrogen-bond acceptors (Lipinski definition) is 1. The van der Waals surface area contributed by atoms with Crippen molar-refractivity contribution in [3.8, 4) is 0 Å². The Hall–Kier alpha value is -1.83. The van der Waals surface area contributed by atoms with Gasteiger partial charge in [-0.15, -0.1) is 0 Å². The summed E-state index contributed by atoms with van der Waals surface area (Å²) in [4.78, 5) is 0. The Morgan fingerprint density at radius 2 is 1.60 bits per heavy atom. The van der Waals surface area contributed by atoms with Gasteiger partial charge in [0, 0.05) is 11.4 Å². The number of hydrogen-bond donors (Lipinski definition) is 1. The van der Waals surface area contributed by atoms with Gasteiger partial charge in [0.25, 0.3) is 0 Å². The van der Waals surface area contributed by atoms with Gasteiger partial charge < -0.3 is 5.32 Å². The predicted molar refractivity (Wildman–Crippen MR) is 60.9 cm³/mol. The molecule has 0 amide bonds. The summed E-state index contributed by atoms with van der Waals surface area (Å²) in [5, 5.41) is 3.15. The Kier molecular flexibility index (Phi) is 2.68. The molecule has 15 heavy (non-hydrogen) atoms. The first-order valence-corrected chi connectivity index (χ1v) is 4.83. The molecule has 2 aromatic carbocycles. The lowest BCUT2D eigenvalue weighted by molar-refractivity contribution is 0.628. The van der Waals surface area contributed by atoms with Crippen LogP contribution >= 0.6 is 0 Å². The zero-order chi connectivity index (χ0) is 10.7. The molecule has 0 heterocycles. The van der Waals surface area contributed by atoms with Crippen molar-refractivity contribution in [3.05, 3.63) is 59.9 Å². The standard InChI is InChI=1S/C13H12FN/c1-10-4-2-6-12(8-10)15-13-7-3-5-11(14)9-13/h2-9,15H,1H3. The molecule has 0 aliphatic rings. The van der Waals surface area contributed by atoms with Gasteiger partial charge >= 0.3 is 0 Å². The highest BCUT2D eigenvalue weighted by Crippen LogP contribution is 2.17. The van der Waals surface area contributed by atoms with E-state index in [4.69, 9.17) is 0 Å². The molecule has 0 aliphatic heterocycles. The second-order valence-corrected chi connectivity index (χ2v) is 3.50. The third kappa shape index (κ3) is 2.56. The van der Waals surface area contributed by atoms with Crippen LogP contribution in [0.4, 0.5) is 15.8 Å². The van der Waals surface area contributed by atoms with E-state index in [1.807, 2.05) is 37.3 Å². The number of halogens is 1. The van der Waals surface area contributed by atoms with E-state index in [-0.39, 0.29) is 5.82 Å². The Balaban J connectivity index is 2.22. The average molecular weight is 201 g/mol. The van der Waals surface area contributed by atoms with E-state index in [2.05, 4.69) is 5.32 Å². The van der Waals surface area contributed by atoms with Gasteiger partial charge in [0.1, 0.15) is 5.82 Å². The van der Waals surface area contributed by atoms with Gasteiger partial charge in [-0.25, -0.2) is 4.39 Å². The highest BCUT2D eigenvalue weighted by Gasteiger charge is 1.96. The minimum Gasteiger partial charge on any atom is -0.355 e. The highest BCUT2D eigenvalue weighted by atomic mass is 19.1. The molecule has 1 N–H and O–H groups in total. The van der Waals surface area contributed by atoms with E-state index >= 15 is 0 Å². The average Bonchev–Trinajstić information content (AvgIpc) is 2.17. The van der Waals surface area contributed by atoms with Gasteiger partial charge in [0.15, 0.2) is 0 Å². The van der Waals surface area contributed by atoms with Crippen molar-refractivity contribution in [1.82, 2.24) is 0 Å². The molecule has 2 aromatic rings. The van der Waals surface area contributed by atoms with Crippen LogP contribution in [0.3, 0.4) is 0 Å². The van der Waals surface area contributed by atoms with E-state index in [1.165, 1.54) is 17.7 Å². The molecule has 0 saturated carbocycles. The van der Waals surface area contributed by atoms with Crippen LogP contribution in [-0.4, -0.2) is 0 Å². The minimum atomic E-state index is -0.229. The molecule has 0 bridgehead atoms. The lowest BCUT2D eigenvalue weighted by atomic mass is 10.2. The van der Waals surface area contributed by atoms with E-state index < -0.39 is 0 Å². The van der Waals surface area contributed by atoms with Crippen LogP contribution in [0.2, 0.25) is 0 Å². The van der Waals surface area contributed by atoms with Gasteiger partial charge in [-0.1, -0.05) is 18.2 Å². The SMILES string of the molecule is Cc1cccc(Nc2cccc(F)c2)c1. The maximum atomic E-state index is 12.9. The molecule has 76 valence electrons. The first kappa shape index (κ1) is 9.71. The fraction of sp³-hybridized carbons (Fsp3) is 0.0769. The normalized spacial score (nSPS) is 10.0. The molecule has 2 heteroatoms. The first-order chi connectivity index (χ1) is 7.24. The molecular weight excluding hydrogens is 189 g/mol. The van der Waals surface area contributed by atoms with E-state index in [1.54, 1.807) is 6.07 Å². The molecule has 0 atom stereocenters. The fourth-order valence-corrected chi connectivity index (χ4v) is 1.46. The molecule has 0 fully saturated rings. The Morgan fingerprint density at radius 1 is 0.933 bits per heavy atom. The molecule has 2 rings (SSSR count). The molecule has 0 aliphatic carbocycles. The van der Waals surface area contributed by atoms with Crippen LogP contribution in [0.25, 0.3) is 0 Å². The summed E-state index contributed by atoms with van der Waals surface area (Å²) in [5.74, 6) is -0.229. The second-order valence-electron chi connectivity index (χ2n) is 3.50. The van der Waals surface area contributed by atoms with Crippen molar-refractivity contribution in [2.45, 2.75) is 6.92 Å². The molecule has 0 aromatic heterocycles. The highest BCUT2D eigenvalue weighted by molar-refractivity contribution is 5.59. The fourth-order valence-electron chi connectivity index (χ4n) is 1.46. The molecule has 0 radical (unpaired) electrons. The van der Waals surface area contributed by atoms with Crippen LogP contribution in [0.1, 0.15) is 5.56 Å². The summed E-state index contributed by atoms with van der Waals surface area (Å²) < 4.78 is 12.9. The quantitative estimate of drug-likeness (QED) is 0.777. The van der Waals surface area contributed by atoms with Gasteiger partial charge in [0.2, 0.25) is 0 Å². The topological polar surface area (TPSA) is 12.0 Å². The van der Waals surface area contributed by atoms with Crippen molar-refractivity contribution < 1.29 is 4.39 Å². The monoisotopic (exact) mass is 201 g/mol. The minimum absolute atomic E-state index is 0.229. The number of benzene rings is 2. The summed E-state index contributed by atoms with van der Waals surface area (Å²) in [6.07, 6.45) is 0. The largest absolute Gasteiger partial charge is 0.355 e. The molecule has 0 saturated heterocycles. The van der Waals surface area contributed by atoms with Crippen LogP contribution in [-0.2, 0) is 0 Å². The Labute approximate surface area is 88.6 Å². The summed E-state index contributed by atoms with van der Waals surface area (Å²) in [6, 6.07) is 14.4. The van der Waals surface area contributed by atoms with Crippen molar-refractivity contribution in [2.24, 2.45) is 0 Å². The van der Waals surface area contributed by atoms with E-state index in [9.17, 15) is 4.39 Å². The van der Waals surface area contributed by atoms with Gasteiger partial charge in [-0.3, -0.25) is 0 Å². The predicted octanol–water partition coefficient (Wildman–Crippen LogP) is 3.88. The van der Waals surface area contributed by atoms with E-state index in [0.29, 0.717) is 0 Å². The van der Waals surface area contributed by atoms with Crippen molar-refractivity contribution in [1.29, 1.82) is 0 Å². The third-order valence-electron chi connectivity index (χ3n) is 2.13. The molecular formula is C13H12FN. The number of aryl methyl sites for hydroxylation is 1. The Bertz CT molecular complexity index is 422. The smallest absolute Gasteiger partial charge is 0.125 e. The summed E-state index contributed by atoms with van der Waals surface area (Å²) in [6.45, 7) is 2.02. The zero-order valence-corrected chi connectivity index (χ0v) is 8.50. The second kappa shape index (κ2) is 4.13. The van der Waals surface area contributed by atoms with Gasteiger partial charge in [-0.2, -0.15) is 0 Å². The lowest BCUT2D eigenvalue weighted by Gasteiger charge is -2.06. The summed E-state index contributed by atoms with van der Waals surface area (Å²) in [5.41, 5.74) is 2.91. The van der Waals surface area contributed by atoms with Gasteiger partial charge in [-0.05, 0) is 42.8 Å².